The van der Waals surface area contributed by atoms with Gasteiger partial charge in [-0.25, -0.2) is 0 Å². The lowest BCUT2D eigenvalue weighted by Gasteiger charge is -2.07. The quantitative estimate of drug-likeness (QED) is 0.941. The van der Waals surface area contributed by atoms with E-state index in [1.165, 1.54) is 0 Å². The van der Waals surface area contributed by atoms with Gasteiger partial charge in [-0.1, -0.05) is 17.7 Å². The van der Waals surface area contributed by atoms with Crippen molar-refractivity contribution in [1.29, 1.82) is 0 Å². The Morgan fingerprint density at radius 1 is 1.32 bits per heavy atom. The summed E-state index contributed by atoms with van der Waals surface area (Å²) in [5, 5.41) is 2.76. The van der Waals surface area contributed by atoms with E-state index in [-0.39, 0.29) is 12.5 Å². The first-order valence-electron chi connectivity index (χ1n) is 5.73. The van der Waals surface area contributed by atoms with Crippen molar-refractivity contribution in [3.63, 3.8) is 0 Å². The van der Waals surface area contributed by atoms with Gasteiger partial charge in [0.1, 0.15) is 5.75 Å². The molecule has 1 N–H and O–H groups in total. The Morgan fingerprint density at radius 3 is 2.74 bits per heavy atom. The van der Waals surface area contributed by atoms with E-state index in [9.17, 15) is 4.79 Å². The van der Waals surface area contributed by atoms with E-state index in [2.05, 4.69) is 26.2 Å². The molecule has 2 rings (SSSR count). The average molecular weight is 321 g/mol. The van der Waals surface area contributed by atoms with Gasteiger partial charge in [-0.2, -0.15) is 0 Å². The molecular weight excluding hydrogens is 308 g/mol. The maximum absolute atomic E-state index is 11.7. The molecule has 0 radical (unpaired) electrons. The third-order valence-corrected chi connectivity index (χ3v) is 2.82. The number of rotatable bonds is 4. The Labute approximate surface area is 119 Å². The van der Waals surface area contributed by atoms with E-state index in [0.717, 1.165) is 15.7 Å². The highest BCUT2D eigenvalue weighted by atomic mass is 79.9. The highest BCUT2D eigenvalue weighted by Gasteiger charge is 2.04. The molecule has 0 fully saturated rings. The molecular formula is C14H13BrN2O2. The minimum Gasteiger partial charge on any atom is -0.482 e. The molecule has 98 valence electrons. The van der Waals surface area contributed by atoms with Crippen LogP contribution in [-0.4, -0.2) is 17.5 Å². The van der Waals surface area contributed by atoms with E-state index in [4.69, 9.17) is 4.74 Å². The van der Waals surface area contributed by atoms with Crippen molar-refractivity contribution in [3.05, 3.63) is 52.8 Å². The van der Waals surface area contributed by atoms with Gasteiger partial charge in [-0.05, 0) is 41.1 Å². The van der Waals surface area contributed by atoms with Crippen LogP contribution in [0.25, 0.3) is 0 Å². The molecule has 1 aromatic heterocycles. The molecule has 1 heterocycles. The number of carbonyl (C=O) groups excluding carboxylic acids is 1. The SMILES string of the molecule is Cc1ccc(NC(=O)COc2cncc(Br)c2)cc1. The van der Waals surface area contributed by atoms with Crippen LogP contribution in [0.15, 0.2) is 47.2 Å². The summed E-state index contributed by atoms with van der Waals surface area (Å²) in [5.41, 5.74) is 1.90. The second kappa shape index (κ2) is 6.33. The number of halogens is 1. The Hall–Kier alpha value is -1.88. The van der Waals surface area contributed by atoms with E-state index in [1.54, 1.807) is 18.5 Å². The number of pyridine rings is 1. The molecule has 19 heavy (non-hydrogen) atoms. The molecule has 0 saturated carbocycles. The number of aryl methyl sites for hydroxylation is 1. The minimum atomic E-state index is -0.205. The molecule has 0 unspecified atom stereocenters. The first kappa shape index (κ1) is 13.5. The third kappa shape index (κ3) is 4.37. The third-order valence-electron chi connectivity index (χ3n) is 2.39. The van der Waals surface area contributed by atoms with Crippen molar-refractivity contribution >= 4 is 27.5 Å². The topological polar surface area (TPSA) is 51.2 Å². The Balaban J connectivity index is 1.86. The van der Waals surface area contributed by atoms with Crippen molar-refractivity contribution in [2.24, 2.45) is 0 Å². The van der Waals surface area contributed by atoms with Gasteiger partial charge < -0.3 is 10.1 Å². The normalized spacial score (nSPS) is 10.0. The number of anilines is 1. The Bertz CT molecular complexity index is 570. The smallest absolute Gasteiger partial charge is 0.262 e. The number of nitrogens with one attached hydrogen (secondary N) is 1. The molecule has 0 atom stereocenters. The summed E-state index contributed by atoms with van der Waals surface area (Å²) in [6.45, 7) is 1.95. The largest absolute Gasteiger partial charge is 0.482 e. The van der Waals surface area contributed by atoms with E-state index < -0.39 is 0 Å². The first-order chi connectivity index (χ1) is 9.13. The lowest BCUT2D eigenvalue weighted by atomic mass is 10.2. The van der Waals surface area contributed by atoms with Crippen molar-refractivity contribution in [3.8, 4) is 5.75 Å². The van der Waals surface area contributed by atoms with Crippen LogP contribution in [-0.2, 0) is 4.79 Å². The van der Waals surface area contributed by atoms with Crippen LogP contribution < -0.4 is 10.1 Å². The molecule has 4 nitrogen and oxygen atoms in total. The van der Waals surface area contributed by atoms with Gasteiger partial charge >= 0.3 is 0 Å². The standard InChI is InChI=1S/C14H13BrN2O2/c1-10-2-4-12(5-3-10)17-14(18)9-19-13-6-11(15)7-16-8-13/h2-8H,9H2,1H3,(H,17,18). The number of hydrogen-bond donors (Lipinski definition) is 1. The summed E-state index contributed by atoms with van der Waals surface area (Å²) in [7, 11) is 0. The predicted octanol–water partition coefficient (Wildman–Crippen LogP) is 3.17. The number of nitrogens with zero attached hydrogens (tertiary/aromatic N) is 1. The molecule has 1 amide bonds. The van der Waals surface area contributed by atoms with Gasteiger partial charge in [0.05, 0.1) is 6.20 Å². The second-order valence-electron chi connectivity index (χ2n) is 4.04. The maximum atomic E-state index is 11.7. The highest BCUT2D eigenvalue weighted by Crippen LogP contribution is 2.15. The Kier molecular flexibility index (Phi) is 4.52. The summed E-state index contributed by atoms with van der Waals surface area (Å²) in [6.07, 6.45) is 3.21. The minimum absolute atomic E-state index is 0.0496. The maximum Gasteiger partial charge on any atom is 0.262 e. The molecule has 2 aromatic rings. The zero-order valence-electron chi connectivity index (χ0n) is 10.4. The second-order valence-corrected chi connectivity index (χ2v) is 4.96. The average Bonchev–Trinajstić information content (AvgIpc) is 2.39. The van der Waals surface area contributed by atoms with Crippen LogP contribution in [0.1, 0.15) is 5.56 Å². The van der Waals surface area contributed by atoms with E-state index in [1.807, 2.05) is 31.2 Å². The number of amides is 1. The molecule has 0 aliphatic carbocycles. The molecule has 0 bridgehead atoms. The van der Waals surface area contributed by atoms with Crippen LogP contribution in [0.4, 0.5) is 5.69 Å². The lowest BCUT2D eigenvalue weighted by Crippen LogP contribution is -2.20. The monoisotopic (exact) mass is 320 g/mol. The number of carbonyl (C=O) groups is 1. The van der Waals surface area contributed by atoms with Gasteiger partial charge in [-0.3, -0.25) is 9.78 Å². The lowest BCUT2D eigenvalue weighted by molar-refractivity contribution is -0.118. The van der Waals surface area contributed by atoms with Crippen LogP contribution in [0.2, 0.25) is 0 Å². The molecule has 0 spiro atoms. The fourth-order valence-electron chi connectivity index (χ4n) is 1.45. The van der Waals surface area contributed by atoms with Crippen LogP contribution in [0.5, 0.6) is 5.75 Å². The first-order valence-corrected chi connectivity index (χ1v) is 6.52. The van der Waals surface area contributed by atoms with E-state index >= 15 is 0 Å². The highest BCUT2D eigenvalue weighted by molar-refractivity contribution is 9.10. The molecule has 0 aliphatic rings. The molecule has 1 aromatic carbocycles. The fraction of sp³-hybridized carbons (Fsp3) is 0.143. The van der Waals surface area contributed by atoms with Crippen LogP contribution in [0, 0.1) is 6.92 Å². The van der Waals surface area contributed by atoms with Gasteiger partial charge in [0.25, 0.3) is 5.91 Å². The van der Waals surface area contributed by atoms with E-state index in [0.29, 0.717) is 5.75 Å². The van der Waals surface area contributed by atoms with Crippen molar-refractivity contribution in [1.82, 2.24) is 4.98 Å². The zero-order chi connectivity index (χ0) is 13.7. The van der Waals surface area contributed by atoms with Crippen molar-refractivity contribution in [2.45, 2.75) is 6.92 Å². The van der Waals surface area contributed by atoms with Crippen molar-refractivity contribution < 1.29 is 9.53 Å². The predicted molar refractivity (Wildman–Crippen MR) is 77.2 cm³/mol. The summed E-state index contributed by atoms with van der Waals surface area (Å²) in [4.78, 5) is 15.6. The number of ether oxygens (including phenoxy) is 1. The number of aromatic nitrogens is 1. The van der Waals surface area contributed by atoms with Gasteiger partial charge in [0, 0.05) is 16.4 Å². The fourth-order valence-corrected chi connectivity index (χ4v) is 1.80. The van der Waals surface area contributed by atoms with Crippen LogP contribution >= 0.6 is 15.9 Å². The summed E-state index contributed by atoms with van der Waals surface area (Å²) >= 11 is 3.29. The summed E-state index contributed by atoms with van der Waals surface area (Å²) in [6, 6.07) is 9.34. The number of hydrogen-bond acceptors (Lipinski definition) is 3. The van der Waals surface area contributed by atoms with Crippen LogP contribution in [0.3, 0.4) is 0 Å². The molecule has 0 saturated heterocycles. The Morgan fingerprint density at radius 2 is 2.05 bits per heavy atom. The zero-order valence-corrected chi connectivity index (χ0v) is 12.0. The summed E-state index contributed by atoms with van der Waals surface area (Å²) in [5.74, 6) is 0.345. The molecule has 0 aliphatic heterocycles. The van der Waals surface area contributed by atoms with Gasteiger partial charge in [0.2, 0.25) is 0 Å². The van der Waals surface area contributed by atoms with Gasteiger partial charge in [0.15, 0.2) is 6.61 Å². The number of benzene rings is 1. The molecule has 5 heteroatoms. The van der Waals surface area contributed by atoms with Gasteiger partial charge in [-0.15, -0.1) is 0 Å². The van der Waals surface area contributed by atoms with Crippen molar-refractivity contribution in [2.75, 3.05) is 11.9 Å². The summed E-state index contributed by atoms with van der Waals surface area (Å²) < 4.78 is 6.15.